The summed E-state index contributed by atoms with van der Waals surface area (Å²) in [5.41, 5.74) is 5.22. The van der Waals surface area contributed by atoms with Gasteiger partial charge in [0, 0.05) is 39.0 Å². The van der Waals surface area contributed by atoms with E-state index in [9.17, 15) is 5.11 Å². The fraction of sp³-hybridized carbons (Fsp3) is 0.500. The molecule has 0 amide bonds. The van der Waals surface area contributed by atoms with Gasteiger partial charge < -0.3 is 20.0 Å². The zero-order valence-electron chi connectivity index (χ0n) is 14.7. The van der Waals surface area contributed by atoms with E-state index in [2.05, 4.69) is 35.2 Å². The summed E-state index contributed by atoms with van der Waals surface area (Å²) >= 11 is 0. The highest BCUT2D eigenvalue weighted by molar-refractivity contribution is 6.39. The quantitative estimate of drug-likeness (QED) is 0.199. The molecule has 0 bridgehead atoms. The summed E-state index contributed by atoms with van der Waals surface area (Å²) in [6, 6.07) is 0. The van der Waals surface area contributed by atoms with E-state index in [1.807, 2.05) is 19.9 Å². The van der Waals surface area contributed by atoms with Crippen LogP contribution in [0.5, 0.6) is 0 Å². The number of methoxy groups -OCH3 is 1. The van der Waals surface area contributed by atoms with Gasteiger partial charge in [-0.2, -0.15) is 5.10 Å². The number of nitrogens with zero attached hydrogens (tertiary/aromatic N) is 1. The number of hydrazone groups is 1. The summed E-state index contributed by atoms with van der Waals surface area (Å²) in [6.07, 6.45) is 12.0. The molecular formula is C18H28N3O3+. The molecule has 0 spiro atoms. The van der Waals surface area contributed by atoms with Crippen molar-refractivity contribution in [1.29, 1.82) is 5.41 Å². The Kier molecular flexibility index (Phi) is 9.56. The SMILES string of the molecule is C[CH+]C1=C\CC\C=C(CN/N=C(\C(=N)OCCC)C(O)OC)/C=C\1. The summed E-state index contributed by atoms with van der Waals surface area (Å²) < 4.78 is 10.1. The monoisotopic (exact) mass is 334 g/mol. The number of nitrogens with one attached hydrogen (secondary N) is 2. The fourth-order valence-electron chi connectivity index (χ4n) is 2.03. The minimum Gasteiger partial charge on any atom is -0.477 e. The van der Waals surface area contributed by atoms with Gasteiger partial charge in [-0.25, -0.2) is 0 Å². The number of aliphatic hydroxyl groups excluding tert-OH is 1. The average Bonchev–Trinajstić information content (AvgIpc) is 2.58. The van der Waals surface area contributed by atoms with Crippen LogP contribution in [0.25, 0.3) is 0 Å². The molecule has 0 aliphatic heterocycles. The number of hydrogen-bond acceptors (Lipinski definition) is 6. The molecule has 0 radical (unpaired) electrons. The highest BCUT2D eigenvalue weighted by atomic mass is 16.6. The summed E-state index contributed by atoms with van der Waals surface area (Å²) in [6.45, 7) is 4.85. The summed E-state index contributed by atoms with van der Waals surface area (Å²) in [7, 11) is 1.35. The predicted molar refractivity (Wildman–Crippen MR) is 96.9 cm³/mol. The number of rotatable bonds is 9. The van der Waals surface area contributed by atoms with Crippen molar-refractivity contribution < 1.29 is 14.6 Å². The lowest BCUT2D eigenvalue weighted by Gasteiger charge is -2.14. The fourth-order valence-corrected chi connectivity index (χ4v) is 2.03. The van der Waals surface area contributed by atoms with Crippen LogP contribution in [0.2, 0.25) is 0 Å². The van der Waals surface area contributed by atoms with Crippen molar-refractivity contribution in [3.05, 3.63) is 41.9 Å². The molecule has 0 heterocycles. The molecule has 6 heteroatoms. The molecule has 1 rings (SSSR count). The van der Waals surface area contributed by atoms with E-state index < -0.39 is 6.29 Å². The minimum absolute atomic E-state index is 0.0313. The molecular weight excluding hydrogens is 306 g/mol. The van der Waals surface area contributed by atoms with Crippen molar-refractivity contribution >= 4 is 11.6 Å². The van der Waals surface area contributed by atoms with Gasteiger partial charge in [0.15, 0.2) is 5.71 Å². The Morgan fingerprint density at radius 3 is 2.83 bits per heavy atom. The number of hydrogen-bond donors (Lipinski definition) is 3. The lowest BCUT2D eigenvalue weighted by atomic mass is 10.0. The summed E-state index contributed by atoms with van der Waals surface area (Å²) in [5, 5.41) is 21.7. The third kappa shape index (κ3) is 7.02. The standard InChI is InChI=1S/C18H28N3O3/c1-4-12-24-17(19)16(18(22)23-3)21-20-13-15-9-7-6-8-14(5-2)10-11-15/h5,8-11,18-20,22H,4,6-7,12-13H2,1-3H3/q+1/b11-10-,14-8+,15-9+,19-17?,21-16+. The number of aliphatic hydroxyl groups is 1. The molecule has 6 nitrogen and oxygen atoms in total. The first-order valence-electron chi connectivity index (χ1n) is 8.22. The van der Waals surface area contributed by atoms with Crippen LogP contribution in [0.4, 0.5) is 0 Å². The molecule has 0 aromatic rings. The highest BCUT2D eigenvalue weighted by Gasteiger charge is 2.19. The lowest BCUT2D eigenvalue weighted by Crippen LogP contribution is -2.33. The van der Waals surface area contributed by atoms with E-state index in [1.165, 1.54) is 12.7 Å². The normalized spacial score (nSPS) is 22.1. The maximum Gasteiger partial charge on any atom is 0.235 e. The second-order valence-electron chi connectivity index (χ2n) is 5.28. The van der Waals surface area contributed by atoms with Crippen LogP contribution < -0.4 is 5.43 Å². The molecule has 0 fully saturated rings. The zero-order valence-corrected chi connectivity index (χ0v) is 14.7. The third-order valence-electron chi connectivity index (χ3n) is 3.40. The molecule has 1 atom stereocenters. The lowest BCUT2D eigenvalue weighted by molar-refractivity contribution is -0.0196. The average molecular weight is 334 g/mol. The van der Waals surface area contributed by atoms with Crippen molar-refractivity contribution in [1.82, 2.24) is 5.43 Å². The molecule has 1 unspecified atom stereocenters. The van der Waals surface area contributed by atoms with Crippen LogP contribution >= 0.6 is 0 Å². The van der Waals surface area contributed by atoms with Crippen molar-refractivity contribution in [2.24, 2.45) is 5.10 Å². The van der Waals surface area contributed by atoms with Crippen LogP contribution in [0, 0.1) is 11.8 Å². The van der Waals surface area contributed by atoms with E-state index in [4.69, 9.17) is 14.9 Å². The van der Waals surface area contributed by atoms with Gasteiger partial charge in [0.1, 0.15) is 5.57 Å². The molecule has 1 aliphatic carbocycles. The Balaban J connectivity index is 2.69. The van der Waals surface area contributed by atoms with Gasteiger partial charge in [-0.1, -0.05) is 13.0 Å². The van der Waals surface area contributed by atoms with Crippen molar-refractivity contribution in [2.45, 2.75) is 39.4 Å². The first-order valence-corrected chi connectivity index (χ1v) is 8.22. The van der Waals surface area contributed by atoms with Gasteiger partial charge in [-0.05, 0) is 24.5 Å². The van der Waals surface area contributed by atoms with Crippen LogP contribution in [0.3, 0.4) is 0 Å². The zero-order chi connectivity index (χ0) is 17.8. The maximum atomic E-state index is 9.82. The Hall–Kier alpha value is -2.05. The third-order valence-corrected chi connectivity index (χ3v) is 3.40. The number of allylic oxidation sites excluding steroid dienone is 4. The van der Waals surface area contributed by atoms with Crippen molar-refractivity contribution in [3.63, 3.8) is 0 Å². The summed E-state index contributed by atoms with van der Waals surface area (Å²) in [5.74, 6) is -0.188. The van der Waals surface area contributed by atoms with Crippen LogP contribution in [-0.4, -0.2) is 43.3 Å². The molecule has 0 saturated carbocycles. The Morgan fingerprint density at radius 2 is 2.17 bits per heavy atom. The van der Waals surface area contributed by atoms with E-state index in [1.54, 1.807) is 0 Å². The maximum absolute atomic E-state index is 9.82. The van der Waals surface area contributed by atoms with Gasteiger partial charge >= 0.3 is 0 Å². The topological polar surface area (TPSA) is 86.9 Å². The predicted octanol–water partition coefficient (Wildman–Crippen LogP) is 2.73. The van der Waals surface area contributed by atoms with Crippen LogP contribution in [0.1, 0.15) is 33.1 Å². The first kappa shape index (κ1) is 20.0. The van der Waals surface area contributed by atoms with E-state index in [0.29, 0.717) is 13.2 Å². The van der Waals surface area contributed by atoms with Gasteiger partial charge in [0.2, 0.25) is 12.2 Å². The van der Waals surface area contributed by atoms with E-state index in [-0.39, 0.29) is 11.6 Å². The van der Waals surface area contributed by atoms with Gasteiger partial charge in [0.05, 0.1) is 13.2 Å². The Labute approximate surface area is 144 Å². The van der Waals surface area contributed by atoms with E-state index in [0.717, 1.165) is 24.8 Å². The highest BCUT2D eigenvalue weighted by Crippen LogP contribution is 2.12. The van der Waals surface area contributed by atoms with Gasteiger partial charge in [0.25, 0.3) is 0 Å². The van der Waals surface area contributed by atoms with Crippen molar-refractivity contribution in [3.8, 4) is 0 Å². The molecule has 3 N–H and O–H groups in total. The first-order chi connectivity index (χ1) is 11.6. The Bertz CT molecular complexity index is 522. The van der Waals surface area contributed by atoms with Crippen LogP contribution in [0.15, 0.2) is 40.6 Å². The Morgan fingerprint density at radius 1 is 1.42 bits per heavy atom. The van der Waals surface area contributed by atoms with Gasteiger partial charge in [-0.15, -0.1) is 0 Å². The second kappa shape index (κ2) is 11.5. The summed E-state index contributed by atoms with van der Waals surface area (Å²) in [4.78, 5) is 0. The molecule has 0 aromatic heterocycles. The molecule has 1 aliphatic rings. The molecule has 0 aromatic carbocycles. The number of ether oxygens (including phenoxy) is 2. The smallest absolute Gasteiger partial charge is 0.235 e. The minimum atomic E-state index is -1.30. The largest absolute Gasteiger partial charge is 0.477 e. The molecule has 0 saturated heterocycles. The van der Waals surface area contributed by atoms with Gasteiger partial charge in [-0.3, -0.25) is 5.41 Å². The van der Waals surface area contributed by atoms with Crippen molar-refractivity contribution in [2.75, 3.05) is 20.3 Å². The second-order valence-corrected chi connectivity index (χ2v) is 5.28. The van der Waals surface area contributed by atoms with E-state index >= 15 is 0 Å². The molecule has 132 valence electrons. The van der Waals surface area contributed by atoms with Crippen LogP contribution in [-0.2, 0) is 9.47 Å². The molecule has 24 heavy (non-hydrogen) atoms.